The summed E-state index contributed by atoms with van der Waals surface area (Å²) < 4.78 is 14.9. The van der Waals surface area contributed by atoms with Crippen LogP contribution in [0.15, 0.2) is 42.9 Å². The third kappa shape index (κ3) is 3.78. The fourth-order valence-corrected chi connectivity index (χ4v) is 4.48. The van der Waals surface area contributed by atoms with Gasteiger partial charge in [-0.05, 0) is 49.4 Å². The number of halogens is 1. The molecule has 5 rings (SSSR count). The second-order valence-electron chi connectivity index (χ2n) is 8.10. The van der Waals surface area contributed by atoms with Gasteiger partial charge in [0.05, 0.1) is 18.9 Å². The maximum atomic E-state index is 13.1. The van der Waals surface area contributed by atoms with Crippen LogP contribution in [0.5, 0.6) is 0 Å². The van der Waals surface area contributed by atoms with Crippen LogP contribution in [0, 0.1) is 5.82 Å². The number of nitrogens with zero attached hydrogens (tertiary/aromatic N) is 6. The van der Waals surface area contributed by atoms with E-state index < -0.39 is 0 Å². The molecule has 31 heavy (non-hydrogen) atoms. The van der Waals surface area contributed by atoms with E-state index in [9.17, 15) is 9.18 Å². The number of carbonyl (C=O) groups is 1. The summed E-state index contributed by atoms with van der Waals surface area (Å²) in [6.45, 7) is 4.09. The van der Waals surface area contributed by atoms with Crippen molar-refractivity contribution < 1.29 is 9.18 Å². The molecule has 0 unspecified atom stereocenters. The van der Waals surface area contributed by atoms with E-state index in [1.807, 2.05) is 28.9 Å². The maximum Gasteiger partial charge on any atom is 0.249 e. The number of amides is 1. The summed E-state index contributed by atoms with van der Waals surface area (Å²) in [7, 11) is 0. The molecule has 0 saturated carbocycles. The molecule has 0 spiro atoms. The van der Waals surface area contributed by atoms with Crippen LogP contribution in [-0.2, 0) is 24.2 Å². The monoisotopic (exact) mass is 420 g/mol. The van der Waals surface area contributed by atoms with Crippen LogP contribution < -0.4 is 9.80 Å². The number of aryl methyl sites for hydroxylation is 2. The Bertz CT molecular complexity index is 1100. The molecule has 2 aliphatic heterocycles. The Morgan fingerprint density at radius 3 is 2.77 bits per heavy atom. The van der Waals surface area contributed by atoms with E-state index in [4.69, 9.17) is 4.98 Å². The van der Waals surface area contributed by atoms with E-state index in [2.05, 4.69) is 15.0 Å². The van der Waals surface area contributed by atoms with E-state index >= 15 is 0 Å². The number of aromatic nitrogens is 4. The quantitative estimate of drug-likeness (QED) is 0.613. The molecule has 7 nitrogen and oxygen atoms in total. The highest BCUT2D eigenvalue weighted by Crippen LogP contribution is 2.38. The van der Waals surface area contributed by atoms with Gasteiger partial charge < -0.3 is 9.80 Å². The fraction of sp³-hybridized carbons (Fsp3) is 0.391. The minimum Gasteiger partial charge on any atom is -0.343 e. The minimum atomic E-state index is -0.235. The molecule has 0 bridgehead atoms. The first-order valence-corrected chi connectivity index (χ1v) is 10.8. The molecule has 1 amide bonds. The SMILES string of the molecule is CCN1C(=O)[C@@H]2CCCN2c2nc(CCc3cnn(Cc4ccc(F)cc4)c3)ncc21. The predicted octanol–water partition coefficient (Wildman–Crippen LogP) is 2.98. The van der Waals surface area contributed by atoms with Crippen molar-refractivity contribution in [2.45, 2.75) is 45.2 Å². The molecule has 4 heterocycles. The lowest BCUT2D eigenvalue weighted by molar-refractivity contribution is -0.119. The molecule has 1 fully saturated rings. The topological polar surface area (TPSA) is 67.2 Å². The second kappa shape index (κ2) is 8.09. The van der Waals surface area contributed by atoms with Crippen LogP contribution in [-0.4, -0.2) is 44.8 Å². The van der Waals surface area contributed by atoms with Crippen molar-refractivity contribution in [3.8, 4) is 0 Å². The largest absolute Gasteiger partial charge is 0.343 e. The Morgan fingerprint density at radius 1 is 1.13 bits per heavy atom. The summed E-state index contributed by atoms with van der Waals surface area (Å²) in [6, 6.07) is 6.39. The highest BCUT2D eigenvalue weighted by atomic mass is 19.1. The van der Waals surface area contributed by atoms with Gasteiger partial charge in [-0.1, -0.05) is 12.1 Å². The van der Waals surface area contributed by atoms with E-state index in [1.54, 1.807) is 18.3 Å². The van der Waals surface area contributed by atoms with Crippen molar-refractivity contribution in [2.75, 3.05) is 22.9 Å². The van der Waals surface area contributed by atoms with Gasteiger partial charge in [0.15, 0.2) is 5.82 Å². The van der Waals surface area contributed by atoms with Crippen LogP contribution in [0.1, 0.15) is 36.7 Å². The first kappa shape index (κ1) is 19.7. The minimum absolute atomic E-state index is 0.0834. The average Bonchev–Trinajstić information content (AvgIpc) is 3.44. The molecule has 1 saturated heterocycles. The molecule has 160 valence electrons. The first-order valence-electron chi connectivity index (χ1n) is 10.8. The first-order chi connectivity index (χ1) is 15.1. The normalized spacial score (nSPS) is 17.7. The standard InChI is InChI=1S/C23H25FN6O/c1-2-29-20-13-25-21(27-22(20)30-11-3-4-19(30)23(29)31)10-7-17-12-26-28(15-17)14-16-5-8-18(24)9-6-16/h5-6,8-9,12-13,15,19H,2-4,7,10-11,14H2,1H3/t19-/m0/s1. The zero-order chi connectivity index (χ0) is 21.4. The van der Waals surface area contributed by atoms with Gasteiger partial charge in [-0.2, -0.15) is 5.10 Å². The summed E-state index contributed by atoms with van der Waals surface area (Å²) in [5, 5.41) is 4.42. The molecule has 0 radical (unpaired) electrons. The third-order valence-electron chi connectivity index (χ3n) is 6.06. The van der Waals surface area contributed by atoms with Crippen molar-refractivity contribution in [3.05, 3.63) is 65.6 Å². The van der Waals surface area contributed by atoms with Crippen molar-refractivity contribution in [1.29, 1.82) is 0 Å². The molecule has 3 aromatic rings. The summed E-state index contributed by atoms with van der Waals surface area (Å²) in [6.07, 6.45) is 9.05. The van der Waals surface area contributed by atoms with E-state index in [1.165, 1.54) is 12.1 Å². The highest BCUT2D eigenvalue weighted by Gasteiger charge is 2.41. The van der Waals surface area contributed by atoms with Crippen LogP contribution in [0.2, 0.25) is 0 Å². The lowest BCUT2D eigenvalue weighted by Crippen LogP contribution is -2.51. The van der Waals surface area contributed by atoms with Gasteiger partial charge in [0.2, 0.25) is 5.91 Å². The number of benzene rings is 1. The lowest BCUT2D eigenvalue weighted by atomic mass is 10.1. The molecule has 0 N–H and O–H groups in total. The Balaban J connectivity index is 1.29. The van der Waals surface area contributed by atoms with Crippen LogP contribution >= 0.6 is 0 Å². The number of carbonyl (C=O) groups excluding carboxylic acids is 1. The van der Waals surface area contributed by atoms with E-state index in [0.717, 1.165) is 54.3 Å². The number of rotatable bonds is 6. The van der Waals surface area contributed by atoms with Crippen LogP contribution in [0.3, 0.4) is 0 Å². The van der Waals surface area contributed by atoms with Crippen molar-refractivity contribution in [3.63, 3.8) is 0 Å². The summed E-state index contributed by atoms with van der Waals surface area (Å²) in [4.78, 5) is 26.1. The molecule has 8 heteroatoms. The van der Waals surface area contributed by atoms with Crippen molar-refractivity contribution >= 4 is 17.4 Å². The van der Waals surface area contributed by atoms with E-state index in [0.29, 0.717) is 19.5 Å². The van der Waals surface area contributed by atoms with E-state index in [-0.39, 0.29) is 17.8 Å². The zero-order valence-electron chi connectivity index (χ0n) is 17.5. The number of anilines is 2. The van der Waals surface area contributed by atoms with Crippen LogP contribution in [0.4, 0.5) is 15.9 Å². The number of fused-ring (bicyclic) bond motifs is 3. The second-order valence-corrected chi connectivity index (χ2v) is 8.10. The highest BCUT2D eigenvalue weighted by molar-refractivity contribution is 6.04. The molecular weight excluding hydrogens is 395 g/mol. The number of hydrogen-bond donors (Lipinski definition) is 0. The van der Waals surface area contributed by atoms with Gasteiger partial charge in [0.1, 0.15) is 23.4 Å². The zero-order valence-corrected chi connectivity index (χ0v) is 17.5. The average molecular weight is 420 g/mol. The molecule has 1 aromatic carbocycles. The van der Waals surface area contributed by atoms with Crippen LogP contribution in [0.25, 0.3) is 0 Å². The van der Waals surface area contributed by atoms with Gasteiger partial charge in [-0.3, -0.25) is 9.48 Å². The summed E-state index contributed by atoms with van der Waals surface area (Å²) in [5.41, 5.74) is 2.93. The third-order valence-corrected chi connectivity index (χ3v) is 6.06. The maximum absolute atomic E-state index is 13.1. The van der Waals surface area contributed by atoms with Gasteiger partial charge in [0.25, 0.3) is 0 Å². The van der Waals surface area contributed by atoms with Crippen molar-refractivity contribution in [2.24, 2.45) is 0 Å². The Hall–Kier alpha value is -3.29. The molecule has 1 atom stereocenters. The molecule has 2 aromatic heterocycles. The Morgan fingerprint density at radius 2 is 1.97 bits per heavy atom. The molecular formula is C23H25FN6O. The van der Waals surface area contributed by atoms with Crippen molar-refractivity contribution in [1.82, 2.24) is 19.7 Å². The summed E-state index contributed by atoms with van der Waals surface area (Å²) in [5.74, 6) is 1.60. The Kier molecular flexibility index (Phi) is 5.13. The Labute approximate surface area is 180 Å². The molecule has 2 aliphatic rings. The number of likely N-dealkylation sites (N-methyl/N-ethyl adjacent to an activating group) is 1. The molecule has 0 aliphatic carbocycles. The summed E-state index contributed by atoms with van der Waals surface area (Å²) >= 11 is 0. The predicted molar refractivity (Wildman–Crippen MR) is 116 cm³/mol. The number of hydrogen-bond acceptors (Lipinski definition) is 5. The van der Waals surface area contributed by atoms with Gasteiger partial charge >= 0.3 is 0 Å². The fourth-order valence-electron chi connectivity index (χ4n) is 4.48. The lowest BCUT2D eigenvalue weighted by Gasteiger charge is -2.37. The van der Waals surface area contributed by atoms with Gasteiger partial charge in [-0.15, -0.1) is 0 Å². The smallest absolute Gasteiger partial charge is 0.249 e. The van der Waals surface area contributed by atoms with Gasteiger partial charge in [-0.25, -0.2) is 14.4 Å². The van der Waals surface area contributed by atoms with Gasteiger partial charge in [0, 0.05) is 25.7 Å².